The molecule has 0 atom stereocenters. The van der Waals surface area contributed by atoms with Crippen molar-refractivity contribution < 1.29 is 23.0 Å². The minimum Gasteiger partial charge on any atom is -0.493 e. The molecule has 0 spiro atoms. The second-order valence-electron chi connectivity index (χ2n) is 5.81. The van der Waals surface area contributed by atoms with Crippen LogP contribution >= 0.6 is 0 Å². The third-order valence-electron chi connectivity index (χ3n) is 3.93. The van der Waals surface area contributed by atoms with E-state index < -0.39 is 6.43 Å². The molecule has 0 aliphatic rings. The van der Waals surface area contributed by atoms with Crippen LogP contribution in [-0.4, -0.2) is 19.6 Å². The number of carbonyl (C=O) groups is 1. The number of nitrogens with one attached hydrogen (secondary N) is 1. The number of likely N-dealkylation sites (N-methyl/N-ethyl adjacent to an activating group) is 1. The lowest BCUT2D eigenvalue weighted by atomic mass is 10.0. The average Bonchev–Trinajstić information content (AvgIpc) is 2.62. The monoisotopic (exact) mass is 363 g/mol. The van der Waals surface area contributed by atoms with Crippen LogP contribution in [-0.2, 0) is 17.8 Å². The predicted molar refractivity (Wildman–Crippen MR) is 95.8 cm³/mol. The van der Waals surface area contributed by atoms with Crippen LogP contribution in [0, 0.1) is 6.92 Å². The number of hydrogen-bond acceptors (Lipinski definition) is 3. The van der Waals surface area contributed by atoms with Gasteiger partial charge < -0.3 is 14.8 Å². The Labute approximate surface area is 152 Å². The van der Waals surface area contributed by atoms with Crippen LogP contribution < -0.4 is 14.8 Å². The summed E-state index contributed by atoms with van der Waals surface area (Å²) in [6.45, 7) is 4.08. The second-order valence-corrected chi connectivity index (χ2v) is 5.81. The van der Waals surface area contributed by atoms with Crippen molar-refractivity contribution in [2.45, 2.75) is 33.3 Å². The van der Waals surface area contributed by atoms with Gasteiger partial charge in [0.2, 0.25) is 5.91 Å². The van der Waals surface area contributed by atoms with Crippen molar-refractivity contribution in [3.8, 4) is 11.5 Å². The fraction of sp³-hybridized carbons (Fsp3) is 0.350. The van der Waals surface area contributed by atoms with E-state index in [0.29, 0.717) is 17.9 Å². The van der Waals surface area contributed by atoms with Gasteiger partial charge in [-0.1, -0.05) is 23.8 Å². The van der Waals surface area contributed by atoms with Crippen molar-refractivity contribution in [3.63, 3.8) is 0 Å². The van der Waals surface area contributed by atoms with Gasteiger partial charge in [0.25, 0.3) is 6.43 Å². The summed E-state index contributed by atoms with van der Waals surface area (Å²) in [7, 11) is 1.56. The van der Waals surface area contributed by atoms with Crippen LogP contribution in [0.25, 0.3) is 0 Å². The van der Waals surface area contributed by atoms with Gasteiger partial charge in [0, 0.05) is 12.6 Å². The molecule has 0 unspecified atom stereocenters. The van der Waals surface area contributed by atoms with E-state index in [1.54, 1.807) is 44.3 Å². The summed E-state index contributed by atoms with van der Waals surface area (Å²) in [5.74, 6) is 0.561. The lowest BCUT2D eigenvalue weighted by molar-refractivity contribution is -0.119. The average molecular weight is 363 g/mol. The highest BCUT2D eigenvalue weighted by atomic mass is 19.3. The highest BCUT2D eigenvalue weighted by Crippen LogP contribution is 2.32. The molecule has 0 radical (unpaired) electrons. The van der Waals surface area contributed by atoms with E-state index in [1.165, 1.54) is 6.07 Å². The van der Waals surface area contributed by atoms with Crippen LogP contribution in [0.2, 0.25) is 0 Å². The number of amides is 1. The molecule has 0 saturated heterocycles. The topological polar surface area (TPSA) is 47.6 Å². The van der Waals surface area contributed by atoms with E-state index >= 15 is 0 Å². The number of carbonyl (C=O) groups excluding carboxylic acids is 1. The van der Waals surface area contributed by atoms with Crippen LogP contribution in [0.1, 0.15) is 35.6 Å². The largest absolute Gasteiger partial charge is 0.493 e. The second kappa shape index (κ2) is 9.17. The summed E-state index contributed by atoms with van der Waals surface area (Å²) >= 11 is 0. The fourth-order valence-corrected chi connectivity index (χ4v) is 2.61. The first-order chi connectivity index (χ1) is 12.5. The van der Waals surface area contributed by atoms with Gasteiger partial charge in [-0.2, -0.15) is 0 Å². The molecular formula is C20H23F2NO3. The standard InChI is InChI=1S/C20H23F2NO3/c1-4-25-17-7-5-6-14(11-19(24)23-3)16(17)12-26-18-9-8-13(2)10-15(18)20(21)22/h5-10,20H,4,11-12H2,1-3H3,(H,23,24). The van der Waals surface area contributed by atoms with E-state index in [2.05, 4.69) is 5.32 Å². The molecule has 0 aromatic heterocycles. The highest BCUT2D eigenvalue weighted by molar-refractivity contribution is 5.78. The SMILES string of the molecule is CCOc1cccc(CC(=O)NC)c1COc1ccc(C)cc1C(F)F. The molecule has 2 aromatic carbocycles. The number of hydrogen-bond donors (Lipinski definition) is 1. The summed E-state index contributed by atoms with van der Waals surface area (Å²) in [6, 6.07) is 10.1. The number of benzene rings is 2. The van der Waals surface area contributed by atoms with Gasteiger partial charge in [-0.3, -0.25) is 4.79 Å². The molecule has 4 nitrogen and oxygen atoms in total. The summed E-state index contributed by atoms with van der Waals surface area (Å²) in [5.41, 5.74) is 2.01. The quantitative estimate of drug-likeness (QED) is 0.765. The Morgan fingerprint density at radius 1 is 1.15 bits per heavy atom. The molecule has 26 heavy (non-hydrogen) atoms. The molecule has 1 N–H and O–H groups in total. The first kappa shape index (κ1) is 19.7. The van der Waals surface area contributed by atoms with Crippen molar-refractivity contribution in [1.29, 1.82) is 0 Å². The number of alkyl halides is 2. The first-order valence-corrected chi connectivity index (χ1v) is 8.41. The summed E-state index contributed by atoms with van der Waals surface area (Å²) in [6.07, 6.45) is -2.47. The van der Waals surface area contributed by atoms with Crippen LogP contribution in [0.4, 0.5) is 8.78 Å². The summed E-state index contributed by atoms with van der Waals surface area (Å²) in [5, 5.41) is 2.58. The van der Waals surface area contributed by atoms with Crippen LogP contribution in [0.3, 0.4) is 0 Å². The van der Waals surface area contributed by atoms with Gasteiger partial charge in [0.1, 0.15) is 18.1 Å². The predicted octanol–water partition coefficient (Wildman–Crippen LogP) is 4.20. The van der Waals surface area contributed by atoms with Crippen molar-refractivity contribution >= 4 is 5.91 Å². The normalized spacial score (nSPS) is 10.7. The van der Waals surface area contributed by atoms with Crippen LogP contribution in [0.15, 0.2) is 36.4 Å². The van der Waals surface area contributed by atoms with E-state index in [1.807, 2.05) is 6.92 Å². The molecule has 2 rings (SSSR count). The lowest BCUT2D eigenvalue weighted by Crippen LogP contribution is -2.21. The maximum absolute atomic E-state index is 13.3. The Morgan fingerprint density at radius 3 is 2.58 bits per heavy atom. The molecule has 0 aliphatic heterocycles. The molecular weight excluding hydrogens is 340 g/mol. The zero-order chi connectivity index (χ0) is 19.1. The highest BCUT2D eigenvalue weighted by Gasteiger charge is 2.17. The third kappa shape index (κ3) is 4.94. The Morgan fingerprint density at radius 2 is 1.92 bits per heavy atom. The fourth-order valence-electron chi connectivity index (χ4n) is 2.61. The van der Waals surface area contributed by atoms with E-state index in [9.17, 15) is 13.6 Å². The molecule has 0 heterocycles. The first-order valence-electron chi connectivity index (χ1n) is 8.41. The molecule has 140 valence electrons. The van der Waals surface area contributed by atoms with Crippen molar-refractivity contribution in [1.82, 2.24) is 5.32 Å². The number of rotatable bonds is 8. The summed E-state index contributed by atoms with van der Waals surface area (Å²) in [4.78, 5) is 11.8. The number of aryl methyl sites for hydroxylation is 1. The minimum absolute atomic E-state index is 0.0330. The third-order valence-corrected chi connectivity index (χ3v) is 3.93. The maximum atomic E-state index is 13.3. The van der Waals surface area contributed by atoms with Gasteiger partial charge >= 0.3 is 0 Å². The molecule has 0 aliphatic carbocycles. The van der Waals surface area contributed by atoms with Crippen molar-refractivity contribution in [3.05, 3.63) is 58.7 Å². The maximum Gasteiger partial charge on any atom is 0.267 e. The molecule has 0 bridgehead atoms. The van der Waals surface area contributed by atoms with E-state index in [-0.39, 0.29) is 30.2 Å². The van der Waals surface area contributed by atoms with Gasteiger partial charge in [-0.25, -0.2) is 8.78 Å². The Kier molecular flexibility index (Phi) is 6.95. The lowest BCUT2D eigenvalue weighted by Gasteiger charge is -2.17. The molecule has 0 fully saturated rings. The molecule has 0 saturated carbocycles. The Bertz CT molecular complexity index is 763. The number of halogens is 2. The smallest absolute Gasteiger partial charge is 0.267 e. The van der Waals surface area contributed by atoms with Crippen LogP contribution in [0.5, 0.6) is 11.5 Å². The van der Waals surface area contributed by atoms with Gasteiger partial charge in [-0.05, 0) is 37.6 Å². The zero-order valence-corrected chi connectivity index (χ0v) is 15.1. The van der Waals surface area contributed by atoms with Gasteiger partial charge in [0.05, 0.1) is 18.6 Å². The molecule has 2 aromatic rings. The summed E-state index contributed by atoms with van der Waals surface area (Å²) < 4.78 is 37.9. The van der Waals surface area contributed by atoms with Gasteiger partial charge in [-0.15, -0.1) is 0 Å². The van der Waals surface area contributed by atoms with Crippen molar-refractivity contribution in [2.75, 3.05) is 13.7 Å². The van der Waals surface area contributed by atoms with Gasteiger partial charge in [0.15, 0.2) is 0 Å². The van der Waals surface area contributed by atoms with Crippen molar-refractivity contribution in [2.24, 2.45) is 0 Å². The molecule has 1 amide bonds. The zero-order valence-electron chi connectivity index (χ0n) is 15.1. The van der Waals surface area contributed by atoms with E-state index in [4.69, 9.17) is 9.47 Å². The minimum atomic E-state index is -2.63. The number of ether oxygens (including phenoxy) is 2. The molecule has 6 heteroatoms. The van der Waals surface area contributed by atoms with E-state index in [0.717, 1.165) is 11.1 Å². The Balaban J connectivity index is 2.32. The Hall–Kier alpha value is -2.63.